The fourth-order valence-electron chi connectivity index (χ4n) is 1.33. The molecule has 0 saturated carbocycles. The van der Waals surface area contributed by atoms with E-state index in [0.717, 1.165) is 6.42 Å². The summed E-state index contributed by atoms with van der Waals surface area (Å²) >= 11 is 2.32. The first-order chi connectivity index (χ1) is 5.86. The second-order valence-electron chi connectivity index (χ2n) is 2.83. The van der Waals surface area contributed by atoms with Gasteiger partial charge in [-0.05, 0) is 52.3 Å². The molecule has 0 heterocycles. The van der Waals surface area contributed by atoms with Crippen LogP contribution in [0.1, 0.15) is 12.0 Å². The van der Waals surface area contributed by atoms with Crippen LogP contribution in [-0.4, -0.2) is 0 Å². The van der Waals surface area contributed by atoms with E-state index in [1.807, 2.05) is 0 Å². The number of rotatable bonds is 1. The largest absolute Gasteiger partial charge is 0.0801 e. The zero-order valence-electron chi connectivity index (χ0n) is 6.63. The lowest BCUT2D eigenvalue weighted by Gasteiger charge is -2.00. The molecule has 0 fully saturated rings. The summed E-state index contributed by atoms with van der Waals surface area (Å²) in [5.41, 5.74) is 2.77. The summed E-state index contributed by atoms with van der Waals surface area (Å²) in [4.78, 5) is 0. The Kier molecular flexibility index (Phi) is 2.30. The maximum atomic E-state index is 2.32. The molecule has 1 aromatic carbocycles. The minimum atomic E-state index is 1.08. The van der Waals surface area contributed by atoms with Gasteiger partial charge in [0.1, 0.15) is 0 Å². The molecule has 0 N–H and O–H groups in total. The van der Waals surface area contributed by atoms with E-state index in [4.69, 9.17) is 0 Å². The highest BCUT2D eigenvalue weighted by Crippen LogP contribution is 2.23. The Morgan fingerprint density at radius 2 is 1.83 bits per heavy atom. The van der Waals surface area contributed by atoms with Gasteiger partial charge in [-0.2, -0.15) is 0 Å². The van der Waals surface area contributed by atoms with Gasteiger partial charge >= 0.3 is 0 Å². The van der Waals surface area contributed by atoms with E-state index in [-0.39, 0.29) is 0 Å². The number of halogens is 1. The third-order valence-electron chi connectivity index (χ3n) is 1.99. The van der Waals surface area contributed by atoms with E-state index < -0.39 is 0 Å². The van der Waals surface area contributed by atoms with Crippen molar-refractivity contribution in [3.05, 3.63) is 51.6 Å². The number of allylic oxidation sites excluding steroid dienone is 4. The van der Waals surface area contributed by atoms with Crippen LogP contribution in [0.2, 0.25) is 0 Å². The monoisotopic (exact) mass is 268 g/mol. The highest BCUT2D eigenvalue weighted by molar-refractivity contribution is 14.1. The van der Waals surface area contributed by atoms with E-state index in [0.29, 0.717) is 0 Å². The minimum absolute atomic E-state index is 1.08. The molecule has 0 atom stereocenters. The minimum Gasteiger partial charge on any atom is -0.0801 e. The van der Waals surface area contributed by atoms with Gasteiger partial charge in [-0.3, -0.25) is 0 Å². The molecule has 0 saturated heterocycles. The van der Waals surface area contributed by atoms with E-state index in [1.54, 1.807) is 0 Å². The third-order valence-corrected chi connectivity index (χ3v) is 2.71. The van der Waals surface area contributed by atoms with Crippen LogP contribution in [0.5, 0.6) is 0 Å². The summed E-state index contributed by atoms with van der Waals surface area (Å²) in [6.07, 6.45) is 7.57. The first-order valence-electron chi connectivity index (χ1n) is 3.98. The van der Waals surface area contributed by atoms with E-state index in [9.17, 15) is 0 Å². The average molecular weight is 268 g/mol. The molecular weight excluding hydrogens is 259 g/mol. The van der Waals surface area contributed by atoms with Crippen molar-refractivity contribution in [2.75, 3.05) is 0 Å². The topological polar surface area (TPSA) is 0 Å². The second-order valence-corrected chi connectivity index (χ2v) is 4.08. The molecule has 0 nitrogen and oxygen atoms in total. The lowest BCUT2D eigenvalue weighted by Crippen LogP contribution is -1.80. The van der Waals surface area contributed by atoms with Crippen molar-refractivity contribution in [2.24, 2.45) is 0 Å². The Morgan fingerprint density at radius 1 is 1.08 bits per heavy atom. The molecular formula is C11H9I. The fraction of sp³-hybridized carbons (Fsp3) is 0.0909. The third kappa shape index (κ3) is 1.61. The first kappa shape index (κ1) is 8.05. The summed E-state index contributed by atoms with van der Waals surface area (Å²) in [6, 6.07) is 8.66. The molecule has 0 bridgehead atoms. The van der Waals surface area contributed by atoms with Crippen molar-refractivity contribution in [1.82, 2.24) is 0 Å². The van der Waals surface area contributed by atoms with Crippen molar-refractivity contribution in [2.45, 2.75) is 6.42 Å². The fourth-order valence-corrected chi connectivity index (χ4v) is 1.68. The van der Waals surface area contributed by atoms with Gasteiger partial charge in [-0.15, -0.1) is 0 Å². The van der Waals surface area contributed by atoms with Crippen molar-refractivity contribution in [3.8, 4) is 0 Å². The molecule has 0 amide bonds. The van der Waals surface area contributed by atoms with Crippen LogP contribution in [0.3, 0.4) is 0 Å². The zero-order chi connectivity index (χ0) is 8.39. The lowest BCUT2D eigenvalue weighted by molar-refractivity contribution is 1.42. The van der Waals surface area contributed by atoms with Gasteiger partial charge in [0.2, 0.25) is 0 Å². The average Bonchev–Trinajstić information content (AvgIpc) is 2.58. The summed E-state index contributed by atoms with van der Waals surface area (Å²) in [5, 5.41) is 0. The van der Waals surface area contributed by atoms with Gasteiger partial charge in [0.15, 0.2) is 0 Å². The Hall–Kier alpha value is -0.570. The molecule has 0 radical (unpaired) electrons. The van der Waals surface area contributed by atoms with Crippen LogP contribution in [-0.2, 0) is 0 Å². The van der Waals surface area contributed by atoms with Crippen molar-refractivity contribution < 1.29 is 0 Å². The number of hydrogen-bond acceptors (Lipinski definition) is 0. The van der Waals surface area contributed by atoms with Crippen molar-refractivity contribution in [1.29, 1.82) is 0 Å². The Balaban J connectivity index is 2.30. The van der Waals surface area contributed by atoms with Crippen LogP contribution in [0.4, 0.5) is 0 Å². The molecule has 1 aliphatic carbocycles. The van der Waals surface area contributed by atoms with Gasteiger partial charge in [0, 0.05) is 3.57 Å². The normalized spacial score (nSPS) is 14.9. The highest BCUT2D eigenvalue weighted by Gasteiger charge is 2.01. The van der Waals surface area contributed by atoms with E-state index >= 15 is 0 Å². The Labute approximate surface area is 86.1 Å². The summed E-state index contributed by atoms with van der Waals surface area (Å²) in [5.74, 6) is 0. The smallest absolute Gasteiger partial charge is 0.0130 e. The molecule has 1 aliphatic rings. The summed E-state index contributed by atoms with van der Waals surface area (Å²) in [7, 11) is 0. The molecule has 1 aromatic rings. The molecule has 60 valence electrons. The number of benzene rings is 1. The zero-order valence-corrected chi connectivity index (χ0v) is 8.78. The van der Waals surface area contributed by atoms with Gasteiger partial charge in [0.25, 0.3) is 0 Å². The van der Waals surface area contributed by atoms with Crippen molar-refractivity contribution in [3.63, 3.8) is 0 Å². The highest BCUT2D eigenvalue weighted by atomic mass is 127. The summed E-state index contributed by atoms with van der Waals surface area (Å²) in [6.45, 7) is 0. The number of hydrogen-bond donors (Lipinski definition) is 0. The van der Waals surface area contributed by atoms with Crippen LogP contribution < -0.4 is 0 Å². The predicted molar refractivity (Wildman–Crippen MR) is 60.9 cm³/mol. The maximum Gasteiger partial charge on any atom is 0.0130 e. The first-order valence-corrected chi connectivity index (χ1v) is 5.06. The Bertz CT molecular complexity index is 331. The molecule has 0 spiro atoms. The predicted octanol–water partition coefficient (Wildman–Crippen LogP) is 3.63. The van der Waals surface area contributed by atoms with Gasteiger partial charge in [0.05, 0.1) is 0 Å². The quantitative estimate of drug-likeness (QED) is 0.682. The van der Waals surface area contributed by atoms with Crippen LogP contribution in [0, 0.1) is 3.57 Å². The standard InChI is InChI=1S/C11H9I/c12-11-7-5-10(6-8-11)9-3-1-2-4-9/h1-3,5-8H,4H2. The van der Waals surface area contributed by atoms with Crippen LogP contribution in [0.25, 0.3) is 5.57 Å². The SMILES string of the molecule is Ic1ccc(C2=CC=CC2)cc1. The van der Waals surface area contributed by atoms with E-state index in [2.05, 4.69) is 65.1 Å². The molecule has 0 aromatic heterocycles. The molecule has 0 unspecified atom stereocenters. The molecule has 0 aliphatic heterocycles. The Morgan fingerprint density at radius 3 is 2.42 bits per heavy atom. The molecule has 2 rings (SSSR count). The lowest BCUT2D eigenvalue weighted by atomic mass is 10.1. The summed E-state index contributed by atoms with van der Waals surface area (Å²) < 4.78 is 1.29. The molecule has 1 heteroatoms. The van der Waals surface area contributed by atoms with Gasteiger partial charge in [-0.25, -0.2) is 0 Å². The van der Waals surface area contributed by atoms with E-state index in [1.165, 1.54) is 14.7 Å². The van der Waals surface area contributed by atoms with Crippen LogP contribution >= 0.6 is 22.6 Å². The van der Waals surface area contributed by atoms with Gasteiger partial charge in [-0.1, -0.05) is 30.4 Å². The maximum absolute atomic E-state index is 2.32. The molecule has 12 heavy (non-hydrogen) atoms. The van der Waals surface area contributed by atoms with Crippen LogP contribution in [0.15, 0.2) is 42.5 Å². The van der Waals surface area contributed by atoms with Gasteiger partial charge < -0.3 is 0 Å². The van der Waals surface area contributed by atoms with Crippen molar-refractivity contribution >= 4 is 28.2 Å². The second kappa shape index (κ2) is 3.44.